The van der Waals surface area contributed by atoms with Gasteiger partial charge < -0.3 is 9.64 Å². The minimum atomic E-state index is -3.48. The molecule has 9 heteroatoms. The molecule has 1 aliphatic rings. The van der Waals surface area contributed by atoms with Crippen molar-refractivity contribution >= 4 is 43.4 Å². The Labute approximate surface area is 136 Å². The fourth-order valence-corrected chi connectivity index (χ4v) is 5.81. The summed E-state index contributed by atoms with van der Waals surface area (Å²) in [7, 11) is -3.48. The normalized spacial score (nSPS) is 17.0. The van der Waals surface area contributed by atoms with Gasteiger partial charge in [-0.1, -0.05) is 0 Å². The maximum Gasteiger partial charge on any atom is 0.409 e. The Hall–Kier alpha value is -0.640. The van der Waals surface area contributed by atoms with Crippen LogP contribution in [0, 0.1) is 6.92 Å². The van der Waals surface area contributed by atoms with Crippen LogP contribution < -0.4 is 0 Å². The third kappa shape index (κ3) is 3.58. The second kappa shape index (κ2) is 6.64. The Morgan fingerprint density at radius 2 is 2.00 bits per heavy atom. The van der Waals surface area contributed by atoms with E-state index in [4.69, 9.17) is 4.74 Å². The largest absolute Gasteiger partial charge is 0.450 e. The molecule has 1 amide bonds. The number of halogens is 1. The lowest BCUT2D eigenvalue weighted by Crippen LogP contribution is -2.50. The van der Waals surface area contributed by atoms with Crippen molar-refractivity contribution in [2.45, 2.75) is 18.1 Å². The van der Waals surface area contributed by atoms with E-state index in [9.17, 15) is 13.2 Å². The maximum atomic E-state index is 12.5. The second-order valence-electron chi connectivity index (χ2n) is 4.61. The van der Waals surface area contributed by atoms with Crippen molar-refractivity contribution in [3.05, 3.63) is 15.4 Å². The molecule has 1 saturated heterocycles. The predicted molar refractivity (Wildman–Crippen MR) is 84.1 cm³/mol. The Morgan fingerprint density at radius 1 is 1.38 bits per heavy atom. The maximum absolute atomic E-state index is 12.5. The minimum Gasteiger partial charge on any atom is -0.450 e. The van der Waals surface area contributed by atoms with Crippen molar-refractivity contribution < 1.29 is 17.9 Å². The number of amides is 1. The zero-order chi connectivity index (χ0) is 15.6. The van der Waals surface area contributed by atoms with Gasteiger partial charge in [-0.25, -0.2) is 13.2 Å². The summed E-state index contributed by atoms with van der Waals surface area (Å²) in [6.07, 6.45) is -0.385. The number of piperazine rings is 1. The van der Waals surface area contributed by atoms with E-state index in [2.05, 4.69) is 15.9 Å². The Morgan fingerprint density at radius 3 is 2.48 bits per heavy atom. The molecule has 1 aromatic rings. The van der Waals surface area contributed by atoms with Gasteiger partial charge >= 0.3 is 6.09 Å². The topological polar surface area (TPSA) is 66.9 Å². The Kier molecular flexibility index (Phi) is 5.29. The highest BCUT2D eigenvalue weighted by Crippen LogP contribution is 2.32. The monoisotopic (exact) mass is 396 g/mol. The molecule has 21 heavy (non-hydrogen) atoms. The van der Waals surface area contributed by atoms with E-state index in [1.54, 1.807) is 13.0 Å². The third-order valence-corrected chi connectivity index (χ3v) is 7.68. The number of carbonyl (C=O) groups is 1. The van der Waals surface area contributed by atoms with Crippen LogP contribution >= 0.6 is 27.3 Å². The van der Waals surface area contributed by atoms with Crippen LogP contribution in [0.15, 0.2) is 14.1 Å². The molecule has 118 valence electrons. The number of hydrogen-bond donors (Lipinski definition) is 0. The molecule has 0 aromatic carbocycles. The summed E-state index contributed by atoms with van der Waals surface area (Å²) >= 11 is 4.56. The molecule has 1 aromatic heterocycles. The van der Waals surface area contributed by atoms with E-state index in [1.807, 2.05) is 6.92 Å². The molecule has 0 radical (unpaired) electrons. The van der Waals surface area contributed by atoms with Gasteiger partial charge in [0.05, 0.1) is 10.4 Å². The van der Waals surface area contributed by atoms with Gasteiger partial charge in [-0.3, -0.25) is 0 Å². The standard InChI is InChI=1S/C12H17BrN2O4S2/c1-3-19-12(16)14-4-6-15(7-5-14)21(17,18)10-8-9(2)11(13)20-10/h8H,3-7H2,1-2H3. The molecule has 0 atom stereocenters. The lowest BCUT2D eigenvalue weighted by molar-refractivity contribution is 0.0934. The van der Waals surface area contributed by atoms with Gasteiger partial charge in [0.15, 0.2) is 0 Å². The quantitative estimate of drug-likeness (QED) is 0.785. The van der Waals surface area contributed by atoms with Gasteiger partial charge in [0.25, 0.3) is 10.0 Å². The zero-order valence-electron chi connectivity index (χ0n) is 11.8. The van der Waals surface area contributed by atoms with Gasteiger partial charge in [-0.15, -0.1) is 11.3 Å². The van der Waals surface area contributed by atoms with Crippen molar-refractivity contribution in [2.24, 2.45) is 0 Å². The van der Waals surface area contributed by atoms with Gasteiger partial charge in [-0.2, -0.15) is 4.31 Å². The van der Waals surface area contributed by atoms with Gasteiger partial charge in [0.2, 0.25) is 0 Å². The zero-order valence-corrected chi connectivity index (χ0v) is 15.1. The van der Waals surface area contributed by atoms with E-state index >= 15 is 0 Å². The van der Waals surface area contributed by atoms with Crippen molar-refractivity contribution in [3.63, 3.8) is 0 Å². The number of sulfonamides is 1. The summed E-state index contributed by atoms with van der Waals surface area (Å²) in [6.45, 7) is 5.20. The van der Waals surface area contributed by atoms with Crippen LogP contribution in [-0.4, -0.2) is 56.5 Å². The number of thiophene rings is 1. The first-order valence-electron chi connectivity index (χ1n) is 6.54. The molecular weight excluding hydrogens is 380 g/mol. The highest BCUT2D eigenvalue weighted by molar-refractivity contribution is 9.11. The third-order valence-electron chi connectivity index (χ3n) is 3.19. The minimum absolute atomic E-state index is 0.287. The number of rotatable bonds is 3. The molecule has 0 unspecified atom stereocenters. The number of carbonyl (C=O) groups excluding carboxylic acids is 1. The van der Waals surface area contributed by atoms with Crippen molar-refractivity contribution in [2.75, 3.05) is 32.8 Å². The summed E-state index contributed by atoms with van der Waals surface area (Å²) < 4.78 is 32.6. The van der Waals surface area contributed by atoms with Crippen LogP contribution in [0.3, 0.4) is 0 Å². The highest BCUT2D eigenvalue weighted by Gasteiger charge is 2.31. The lowest BCUT2D eigenvalue weighted by atomic mass is 10.4. The number of nitrogens with zero attached hydrogens (tertiary/aromatic N) is 2. The van der Waals surface area contributed by atoms with Gasteiger partial charge in [-0.05, 0) is 41.4 Å². The molecule has 1 fully saturated rings. The van der Waals surface area contributed by atoms with Crippen LogP contribution in [0.1, 0.15) is 12.5 Å². The van der Waals surface area contributed by atoms with Gasteiger partial charge in [0.1, 0.15) is 4.21 Å². The molecule has 0 bridgehead atoms. The molecule has 1 aliphatic heterocycles. The Bertz CT molecular complexity index is 602. The SMILES string of the molecule is CCOC(=O)N1CCN(S(=O)(=O)c2cc(C)c(Br)s2)CC1. The molecule has 2 heterocycles. The lowest BCUT2D eigenvalue weighted by Gasteiger charge is -2.32. The van der Waals surface area contributed by atoms with Crippen LogP contribution in [-0.2, 0) is 14.8 Å². The fraction of sp³-hybridized carbons (Fsp3) is 0.583. The molecule has 6 nitrogen and oxygen atoms in total. The first-order chi connectivity index (χ1) is 9.86. The molecule has 2 rings (SSSR count). The average molecular weight is 397 g/mol. The smallest absolute Gasteiger partial charge is 0.409 e. The van der Waals surface area contributed by atoms with Crippen LogP contribution in [0.25, 0.3) is 0 Å². The van der Waals surface area contributed by atoms with E-state index in [0.29, 0.717) is 23.9 Å². The summed E-state index contributed by atoms with van der Waals surface area (Å²) in [6, 6.07) is 1.67. The van der Waals surface area contributed by atoms with E-state index in [-0.39, 0.29) is 19.2 Å². The fourth-order valence-electron chi connectivity index (χ4n) is 2.01. The van der Waals surface area contributed by atoms with Crippen molar-refractivity contribution in [1.29, 1.82) is 0 Å². The van der Waals surface area contributed by atoms with Crippen molar-refractivity contribution in [1.82, 2.24) is 9.21 Å². The molecule has 0 aliphatic carbocycles. The van der Waals surface area contributed by atoms with E-state index < -0.39 is 10.0 Å². The van der Waals surface area contributed by atoms with Crippen LogP contribution in [0.2, 0.25) is 0 Å². The number of aryl methyl sites for hydroxylation is 1. The first-order valence-corrected chi connectivity index (χ1v) is 9.59. The average Bonchev–Trinajstić information content (AvgIpc) is 2.80. The van der Waals surface area contributed by atoms with Crippen LogP contribution in [0.5, 0.6) is 0 Å². The highest BCUT2D eigenvalue weighted by atomic mass is 79.9. The molecular formula is C12H17BrN2O4S2. The second-order valence-corrected chi connectivity index (χ2v) is 9.15. The van der Waals surface area contributed by atoms with E-state index in [1.165, 1.54) is 20.5 Å². The molecule has 0 N–H and O–H groups in total. The summed E-state index contributed by atoms with van der Waals surface area (Å²) in [4.78, 5) is 13.1. The molecule has 0 spiro atoms. The van der Waals surface area contributed by atoms with Gasteiger partial charge in [0, 0.05) is 26.2 Å². The van der Waals surface area contributed by atoms with E-state index in [0.717, 1.165) is 9.35 Å². The summed E-state index contributed by atoms with van der Waals surface area (Å²) in [5.41, 5.74) is 0.906. The summed E-state index contributed by atoms with van der Waals surface area (Å²) in [5, 5.41) is 0. The number of hydrogen-bond acceptors (Lipinski definition) is 5. The Balaban J connectivity index is 2.06. The predicted octanol–water partition coefficient (Wildman–Crippen LogP) is 2.28. The number of ether oxygens (including phenoxy) is 1. The molecule has 0 saturated carbocycles. The summed E-state index contributed by atoms with van der Waals surface area (Å²) in [5.74, 6) is 0. The first kappa shape index (κ1) is 16.7. The van der Waals surface area contributed by atoms with Crippen LogP contribution in [0.4, 0.5) is 4.79 Å². The van der Waals surface area contributed by atoms with Crippen molar-refractivity contribution in [3.8, 4) is 0 Å².